The zero-order valence-electron chi connectivity index (χ0n) is 8.99. The van der Waals surface area contributed by atoms with Gasteiger partial charge in [0.1, 0.15) is 0 Å². The van der Waals surface area contributed by atoms with Crippen molar-refractivity contribution in [1.82, 2.24) is 4.98 Å². The Hall–Kier alpha value is -0.810. The van der Waals surface area contributed by atoms with Crippen LogP contribution in [-0.2, 0) is 4.74 Å². The Kier molecular flexibility index (Phi) is 4.01. The van der Waals surface area contributed by atoms with E-state index >= 15 is 0 Å². The van der Waals surface area contributed by atoms with Crippen LogP contribution < -0.4 is 10.5 Å². The fraction of sp³-hybridized carbons (Fsp3) is 0.545. The summed E-state index contributed by atoms with van der Waals surface area (Å²) < 4.78 is 11.8. The molecule has 5 heteroatoms. The molecule has 2 rings (SSSR count). The predicted octanol–water partition coefficient (Wildman–Crippen LogP) is 2.23. The van der Waals surface area contributed by atoms with Gasteiger partial charge in [-0.25, -0.2) is 4.98 Å². The highest BCUT2D eigenvalue weighted by Crippen LogP contribution is 2.23. The van der Waals surface area contributed by atoms with Gasteiger partial charge in [-0.05, 0) is 40.8 Å². The number of hydrogen-bond acceptors (Lipinski definition) is 4. The minimum Gasteiger partial charge on any atom is -0.476 e. The molecule has 0 amide bonds. The smallest absolute Gasteiger partial charge is 0.237 e. The first-order valence-electron chi connectivity index (χ1n) is 5.37. The Morgan fingerprint density at radius 1 is 1.50 bits per heavy atom. The van der Waals surface area contributed by atoms with Gasteiger partial charge in [0.05, 0.1) is 12.3 Å². The van der Waals surface area contributed by atoms with Crippen molar-refractivity contribution in [3.8, 4) is 5.88 Å². The topological polar surface area (TPSA) is 57.4 Å². The van der Waals surface area contributed by atoms with E-state index in [9.17, 15) is 0 Å². The number of ether oxygens (including phenoxy) is 2. The summed E-state index contributed by atoms with van der Waals surface area (Å²) in [4.78, 5) is 4.14. The number of pyridine rings is 1. The van der Waals surface area contributed by atoms with Gasteiger partial charge in [-0.2, -0.15) is 0 Å². The maximum absolute atomic E-state index is 5.79. The molecule has 0 aromatic carbocycles. The van der Waals surface area contributed by atoms with Crippen LogP contribution in [0, 0.1) is 5.92 Å². The zero-order valence-corrected chi connectivity index (χ0v) is 10.6. The maximum atomic E-state index is 5.79. The lowest BCUT2D eigenvalue weighted by molar-refractivity contribution is 0.0492. The molecule has 0 radical (unpaired) electrons. The standard InChI is InChI=1S/C11H15BrN2O2/c12-9-5-10(13)11(14-6-9)16-7-8-1-3-15-4-2-8/h5-6,8H,1-4,7,13H2. The van der Waals surface area contributed by atoms with Crippen molar-refractivity contribution in [3.05, 3.63) is 16.7 Å². The average molecular weight is 287 g/mol. The first kappa shape index (κ1) is 11.7. The van der Waals surface area contributed by atoms with Crippen LogP contribution in [0.2, 0.25) is 0 Å². The van der Waals surface area contributed by atoms with Crippen molar-refractivity contribution in [3.63, 3.8) is 0 Å². The van der Waals surface area contributed by atoms with Crippen LogP contribution in [0.1, 0.15) is 12.8 Å². The lowest BCUT2D eigenvalue weighted by Gasteiger charge is -2.22. The minimum atomic E-state index is 0.523. The number of hydrogen-bond donors (Lipinski definition) is 1. The molecule has 0 saturated carbocycles. The molecule has 1 fully saturated rings. The Morgan fingerprint density at radius 2 is 2.25 bits per heavy atom. The van der Waals surface area contributed by atoms with E-state index < -0.39 is 0 Å². The van der Waals surface area contributed by atoms with Gasteiger partial charge in [-0.3, -0.25) is 0 Å². The molecular weight excluding hydrogens is 272 g/mol. The van der Waals surface area contributed by atoms with E-state index in [-0.39, 0.29) is 0 Å². The molecular formula is C11H15BrN2O2. The second-order valence-electron chi connectivity index (χ2n) is 3.91. The highest BCUT2D eigenvalue weighted by molar-refractivity contribution is 9.10. The first-order valence-corrected chi connectivity index (χ1v) is 6.16. The first-order chi connectivity index (χ1) is 7.75. The third-order valence-electron chi connectivity index (χ3n) is 2.64. The Morgan fingerprint density at radius 3 is 2.94 bits per heavy atom. The van der Waals surface area contributed by atoms with E-state index in [0.717, 1.165) is 30.5 Å². The summed E-state index contributed by atoms with van der Waals surface area (Å²) in [6, 6.07) is 1.80. The van der Waals surface area contributed by atoms with Gasteiger partial charge in [0, 0.05) is 23.9 Å². The molecule has 88 valence electrons. The summed E-state index contributed by atoms with van der Waals surface area (Å²) in [6.45, 7) is 2.33. The van der Waals surface area contributed by atoms with Gasteiger partial charge < -0.3 is 15.2 Å². The van der Waals surface area contributed by atoms with Gasteiger partial charge in [-0.15, -0.1) is 0 Å². The van der Waals surface area contributed by atoms with Gasteiger partial charge in [0.25, 0.3) is 0 Å². The molecule has 0 bridgehead atoms. The number of aromatic nitrogens is 1. The number of nitrogens with two attached hydrogens (primary N) is 1. The molecule has 1 aliphatic rings. The fourth-order valence-corrected chi connectivity index (χ4v) is 2.02. The summed E-state index contributed by atoms with van der Waals surface area (Å²) in [6.07, 6.45) is 3.79. The van der Waals surface area contributed by atoms with Crippen molar-refractivity contribution in [1.29, 1.82) is 0 Å². The molecule has 0 aliphatic carbocycles. The van der Waals surface area contributed by atoms with Crippen LogP contribution in [0.4, 0.5) is 5.69 Å². The van der Waals surface area contributed by atoms with Crippen LogP contribution in [0.3, 0.4) is 0 Å². The van der Waals surface area contributed by atoms with E-state index in [4.69, 9.17) is 15.2 Å². The van der Waals surface area contributed by atoms with E-state index in [1.54, 1.807) is 12.3 Å². The van der Waals surface area contributed by atoms with E-state index in [0.29, 0.717) is 24.1 Å². The monoisotopic (exact) mass is 286 g/mol. The number of anilines is 1. The molecule has 0 spiro atoms. The summed E-state index contributed by atoms with van der Waals surface area (Å²) in [5, 5.41) is 0. The Balaban J connectivity index is 1.88. The minimum absolute atomic E-state index is 0.523. The maximum Gasteiger partial charge on any atom is 0.237 e. The summed E-state index contributed by atoms with van der Waals surface area (Å²) in [5.41, 5.74) is 6.37. The van der Waals surface area contributed by atoms with Crippen molar-refractivity contribution in [2.75, 3.05) is 25.6 Å². The molecule has 1 aliphatic heterocycles. The van der Waals surface area contributed by atoms with Gasteiger partial charge in [-0.1, -0.05) is 0 Å². The van der Waals surface area contributed by atoms with Crippen LogP contribution in [-0.4, -0.2) is 24.8 Å². The van der Waals surface area contributed by atoms with Crippen LogP contribution >= 0.6 is 15.9 Å². The summed E-state index contributed by atoms with van der Waals surface area (Å²) in [7, 11) is 0. The molecule has 1 aromatic heterocycles. The van der Waals surface area contributed by atoms with Crippen molar-refractivity contribution < 1.29 is 9.47 Å². The molecule has 2 N–H and O–H groups in total. The second-order valence-corrected chi connectivity index (χ2v) is 4.83. The van der Waals surface area contributed by atoms with E-state index in [1.807, 2.05) is 0 Å². The van der Waals surface area contributed by atoms with Crippen LogP contribution in [0.25, 0.3) is 0 Å². The average Bonchev–Trinajstić information content (AvgIpc) is 2.29. The van der Waals surface area contributed by atoms with E-state index in [1.165, 1.54) is 0 Å². The quantitative estimate of drug-likeness (QED) is 0.926. The van der Waals surface area contributed by atoms with E-state index in [2.05, 4.69) is 20.9 Å². The second kappa shape index (κ2) is 5.50. The fourth-order valence-electron chi connectivity index (χ4n) is 1.67. The van der Waals surface area contributed by atoms with Gasteiger partial charge >= 0.3 is 0 Å². The third-order valence-corrected chi connectivity index (χ3v) is 3.08. The predicted molar refractivity (Wildman–Crippen MR) is 65.4 cm³/mol. The SMILES string of the molecule is Nc1cc(Br)cnc1OCC1CCOCC1. The number of halogens is 1. The summed E-state index contributed by atoms with van der Waals surface area (Å²) >= 11 is 3.31. The van der Waals surface area contributed by atoms with Crippen molar-refractivity contribution in [2.45, 2.75) is 12.8 Å². The molecule has 4 nitrogen and oxygen atoms in total. The Bertz CT molecular complexity index is 354. The van der Waals surface area contributed by atoms with Gasteiger partial charge in [0.15, 0.2) is 0 Å². The normalized spacial score (nSPS) is 17.3. The highest BCUT2D eigenvalue weighted by atomic mass is 79.9. The molecule has 1 saturated heterocycles. The molecule has 16 heavy (non-hydrogen) atoms. The number of nitrogens with zero attached hydrogens (tertiary/aromatic N) is 1. The zero-order chi connectivity index (χ0) is 11.4. The van der Waals surface area contributed by atoms with Gasteiger partial charge in [0.2, 0.25) is 5.88 Å². The highest BCUT2D eigenvalue weighted by Gasteiger charge is 2.15. The van der Waals surface area contributed by atoms with Crippen molar-refractivity contribution >= 4 is 21.6 Å². The van der Waals surface area contributed by atoms with Crippen LogP contribution in [0.15, 0.2) is 16.7 Å². The number of nitrogen functional groups attached to an aromatic ring is 1. The Labute approximate surface area is 103 Å². The molecule has 1 aromatic rings. The molecule has 0 unspecified atom stereocenters. The largest absolute Gasteiger partial charge is 0.476 e. The third kappa shape index (κ3) is 3.09. The van der Waals surface area contributed by atoms with Crippen molar-refractivity contribution in [2.24, 2.45) is 5.92 Å². The number of rotatable bonds is 3. The molecule has 0 atom stereocenters. The summed E-state index contributed by atoms with van der Waals surface area (Å²) in [5.74, 6) is 1.08. The molecule has 2 heterocycles. The van der Waals surface area contributed by atoms with Crippen LogP contribution in [0.5, 0.6) is 5.88 Å². The lowest BCUT2D eigenvalue weighted by atomic mass is 10.0. The lowest BCUT2D eigenvalue weighted by Crippen LogP contribution is -2.21.